The van der Waals surface area contributed by atoms with E-state index >= 15 is 0 Å². The summed E-state index contributed by atoms with van der Waals surface area (Å²) in [4.78, 5) is 36.7. The third-order valence-electron chi connectivity index (χ3n) is 3.77. The molecular formula is C15H19N3O4. The van der Waals surface area contributed by atoms with E-state index in [2.05, 4.69) is 10.6 Å². The Morgan fingerprint density at radius 3 is 2.73 bits per heavy atom. The molecule has 1 aromatic rings. The third-order valence-corrected chi connectivity index (χ3v) is 3.77. The zero-order valence-electron chi connectivity index (χ0n) is 12.5. The Balaban J connectivity index is 2.22. The molecule has 0 bridgehead atoms. The molecule has 0 fully saturated rings. The highest BCUT2D eigenvalue weighted by molar-refractivity contribution is 6.09. The van der Waals surface area contributed by atoms with Gasteiger partial charge in [-0.15, -0.1) is 0 Å². The van der Waals surface area contributed by atoms with Crippen molar-refractivity contribution in [2.75, 3.05) is 16.8 Å². The number of nitrogens with zero attached hydrogens (tertiary/aromatic N) is 1. The fourth-order valence-electron chi connectivity index (χ4n) is 2.31. The highest BCUT2D eigenvalue weighted by Gasteiger charge is 2.31. The summed E-state index contributed by atoms with van der Waals surface area (Å²) in [5.41, 5.74) is 1.08. The topological polar surface area (TPSA) is 98.7 Å². The lowest BCUT2D eigenvalue weighted by Gasteiger charge is -2.31. The number of carboxylic acids is 1. The number of carboxylic acid groups (broad SMARTS) is 1. The standard InChI is InChI=1S/C15H19N3O4/c1-3-9(2)13(14(20)21)17-15(22)18-8-12(19)16-10-6-4-5-7-11(10)18/h4-7,9,13H,3,8H2,1-2H3,(H,16,19)(H,17,22)(H,20,21)/t9-,13+/m0/s1. The molecule has 1 aliphatic rings. The van der Waals surface area contributed by atoms with Gasteiger partial charge in [0, 0.05) is 0 Å². The first-order valence-corrected chi connectivity index (χ1v) is 7.13. The lowest BCUT2D eigenvalue weighted by Crippen LogP contribution is -2.53. The van der Waals surface area contributed by atoms with Gasteiger partial charge in [0.2, 0.25) is 5.91 Å². The Labute approximate surface area is 128 Å². The van der Waals surface area contributed by atoms with Gasteiger partial charge in [0.25, 0.3) is 0 Å². The average molecular weight is 305 g/mol. The van der Waals surface area contributed by atoms with Crippen molar-refractivity contribution in [3.05, 3.63) is 24.3 Å². The molecule has 7 nitrogen and oxygen atoms in total. The van der Waals surface area contributed by atoms with Crippen LogP contribution >= 0.6 is 0 Å². The fourth-order valence-corrected chi connectivity index (χ4v) is 2.31. The van der Waals surface area contributed by atoms with Crippen molar-refractivity contribution < 1.29 is 19.5 Å². The smallest absolute Gasteiger partial charge is 0.326 e. The number of rotatable bonds is 4. The Hall–Kier alpha value is -2.57. The van der Waals surface area contributed by atoms with E-state index in [1.807, 2.05) is 6.92 Å². The second kappa shape index (κ2) is 6.46. The van der Waals surface area contributed by atoms with Crippen LogP contribution in [0.2, 0.25) is 0 Å². The van der Waals surface area contributed by atoms with Crippen LogP contribution in [0.1, 0.15) is 20.3 Å². The summed E-state index contributed by atoms with van der Waals surface area (Å²) in [5.74, 6) is -1.61. The molecule has 3 N–H and O–H groups in total. The zero-order valence-corrected chi connectivity index (χ0v) is 12.5. The SMILES string of the molecule is CC[C@H](C)[C@@H](NC(=O)N1CC(=O)Nc2ccccc21)C(=O)O. The van der Waals surface area contributed by atoms with E-state index in [0.29, 0.717) is 17.8 Å². The van der Waals surface area contributed by atoms with Crippen molar-refractivity contribution in [2.24, 2.45) is 5.92 Å². The Bertz CT molecular complexity index is 602. The molecule has 0 radical (unpaired) electrons. The molecule has 22 heavy (non-hydrogen) atoms. The molecule has 0 aliphatic carbocycles. The molecule has 0 aromatic heterocycles. The lowest BCUT2D eigenvalue weighted by atomic mass is 9.99. The predicted octanol–water partition coefficient (Wildman–Crippen LogP) is 1.65. The molecule has 1 heterocycles. The van der Waals surface area contributed by atoms with Gasteiger partial charge in [0.1, 0.15) is 12.6 Å². The third kappa shape index (κ3) is 3.19. The van der Waals surface area contributed by atoms with Crippen molar-refractivity contribution in [3.63, 3.8) is 0 Å². The van der Waals surface area contributed by atoms with E-state index in [9.17, 15) is 19.5 Å². The molecule has 2 rings (SSSR count). The maximum Gasteiger partial charge on any atom is 0.326 e. The summed E-state index contributed by atoms with van der Waals surface area (Å²) in [6, 6.07) is 5.31. The monoisotopic (exact) mass is 305 g/mol. The number of anilines is 2. The number of carbonyl (C=O) groups excluding carboxylic acids is 2. The van der Waals surface area contributed by atoms with Gasteiger partial charge >= 0.3 is 12.0 Å². The highest BCUT2D eigenvalue weighted by Crippen LogP contribution is 2.28. The van der Waals surface area contributed by atoms with Crippen LogP contribution in [-0.2, 0) is 9.59 Å². The summed E-state index contributed by atoms with van der Waals surface area (Å²) in [6.07, 6.45) is 0.619. The number of aliphatic carboxylic acids is 1. The van der Waals surface area contributed by atoms with E-state index < -0.39 is 18.0 Å². The number of carbonyl (C=O) groups is 3. The Morgan fingerprint density at radius 2 is 2.09 bits per heavy atom. The molecule has 1 aliphatic heterocycles. The quantitative estimate of drug-likeness (QED) is 0.787. The average Bonchev–Trinajstić information content (AvgIpc) is 2.50. The number of hydrogen-bond acceptors (Lipinski definition) is 3. The minimum Gasteiger partial charge on any atom is -0.480 e. The molecule has 1 aromatic carbocycles. The largest absolute Gasteiger partial charge is 0.480 e. The molecule has 0 unspecified atom stereocenters. The Kier molecular flexibility index (Phi) is 4.65. The van der Waals surface area contributed by atoms with Crippen LogP contribution in [0, 0.1) is 5.92 Å². The van der Waals surface area contributed by atoms with Crippen molar-refractivity contribution in [3.8, 4) is 0 Å². The highest BCUT2D eigenvalue weighted by atomic mass is 16.4. The first kappa shape index (κ1) is 15.8. The maximum atomic E-state index is 12.4. The number of hydrogen-bond donors (Lipinski definition) is 3. The van der Waals surface area contributed by atoms with Crippen LogP contribution in [0.15, 0.2) is 24.3 Å². The number of benzene rings is 1. The minimum absolute atomic E-state index is 0.143. The number of nitrogens with one attached hydrogen (secondary N) is 2. The zero-order chi connectivity index (χ0) is 16.3. The number of amides is 3. The van der Waals surface area contributed by atoms with Gasteiger partial charge in [-0.2, -0.15) is 0 Å². The van der Waals surface area contributed by atoms with Crippen molar-refractivity contribution in [1.29, 1.82) is 0 Å². The summed E-state index contributed by atoms with van der Waals surface area (Å²) >= 11 is 0. The van der Waals surface area contributed by atoms with E-state index in [-0.39, 0.29) is 18.4 Å². The molecule has 0 saturated carbocycles. The van der Waals surface area contributed by atoms with Crippen LogP contribution in [-0.4, -0.2) is 35.6 Å². The Morgan fingerprint density at radius 1 is 1.41 bits per heavy atom. The number of fused-ring (bicyclic) bond motifs is 1. The summed E-state index contributed by atoms with van der Waals surface area (Å²) in [6.45, 7) is 3.47. The molecular weight excluding hydrogens is 286 g/mol. The van der Waals surface area contributed by atoms with Crippen molar-refractivity contribution in [1.82, 2.24) is 5.32 Å². The second-order valence-corrected chi connectivity index (χ2v) is 5.30. The van der Waals surface area contributed by atoms with Gasteiger partial charge in [-0.3, -0.25) is 9.69 Å². The van der Waals surface area contributed by atoms with Gasteiger partial charge in [-0.1, -0.05) is 32.4 Å². The van der Waals surface area contributed by atoms with Crippen LogP contribution in [0.4, 0.5) is 16.2 Å². The summed E-state index contributed by atoms with van der Waals surface area (Å²) in [7, 11) is 0. The van der Waals surface area contributed by atoms with Crippen LogP contribution in [0.25, 0.3) is 0 Å². The number of para-hydroxylation sites is 2. The van der Waals surface area contributed by atoms with E-state index in [4.69, 9.17) is 0 Å². The first-order chi connectivity index (χ1) is 10.4. The maximum absolute atomic E-state index is 12.4. The van der Waals surface area contributed by atoms with Gasteiger partial charge in [0.05, 0.1) is 11.4 Å². The van der Waals surface area contributed by atoms with E-state index in [1.165, 1.54) is 4.90 Å². The van der Waals surface area contributed by atoms with E-state index in [1.54, 1.807) is 31.2 Å². The first-order valence-electron chi connectivity index (χ1n) is 7.13. The predicted molar refractivity (Wildman–Crippen MR) is 81.8 cm³/mol. The van der Waals surface area contributed by atoms with Gasteiger partial charge in [-0.05, 0) is 18.1 Å². The van der Waals surface area contributed by atoms with Crippen LogP contribution in [0.3, 0.4) is 0 Å². The molecule has 3 amide bonds. The fraction of sp³-hybridized carbons (Fsp3) is 0.400. The van der Waals surface area contributed by atoms with Crippen LogP contribution < -0.4 is 15.5 Å². The van der Waals surface area contributed by atoms with Gasteiger partial charge < -0.3 is 15.7 Å². The summed E-state index contributed by atoms with van der Waals surface area (Å²) in [5, 5.41) is 14.4. The van der Waals surface area contributed by atoms with E-state index in [0.717, 1.165) is 0 Å². The van der Waals surface area contributed by atoms with Crippen molar-refractivity contribution >= 4 is 29.3 Å². The molecule has 7 heteroatoms. The van der Waals surface area contributed by atoms with Crippen molar-refractivity contribution in [2.45, 2.75) is 26.3 Å². The summed E-state index contributed by atoms with van der Waals surface area (Å²) < 4.78 is 0. The molecule has 2 atom stereocenters. The minimum atomic E-state index is -1.09. The van der Waals surface area contributed by atoms with Gasteiger partial charge in [-0.25, -0.2) is 9.59 Å². The number of urea groups is 1. The second-order valence-electron chi connectivity index (χ2n) is 5.30. The normalized spacial score (nSPS) is 16.3. The van der Waals surface area contributed by atoms with Crippen LogP contribution in [0.5, 0.6) is 0 Å². The molecule has 0 saturated heterocycles. The molecule has 118 valence electrons. The molecule has 0 spiro atoms. The lowest BCUT2D eigenvalue weighted by molar-refractivity contribution is -0.140. The van der Waals surface area contributed by atoms with Gasteiger partial charge in [0.15, 0.2) is 0 Å².